The van der Waals surface area contributed by atoms with E-state index in [9.17, 15) is 13.6 Å². The van der Waals surface area contributed by atoms with Crippen molar-refractivity contribution in [3.63, 3.8) is 0 Å². The van der Waals surface area contributed by atoms with Crippen LogP contribution in [0.1, 0.15) is 54.1 Å². The average molecular weight is 528 g/mol. The molecule has 0 atom stereocenters. The largest absolute Gasteiger partial charge is 0.381 e. The summed E-state index contributed by atoms with van der Waals surface area (Å²) in [4.78, 5) is 17.3. The van der Waals surface area contributed by atoms with E-state index < -0.39 is 6.43 Å². The summed E-state index contributed by atoms with van der Waals surface area (Å²) < 4.78 is 36.4. The van der Waals surface area contributed by atoms with Gasteiger partial charge >= 0.3 is 6.03 Å². The summed E-state index contributed by atoms with van der Waals surface area (Å²) in [6.45, 7) is 3.18. The van der Waals surface area contributed by atoms with E-state index in [1.807, 2.05) is 23.6 Å². The van der Waals surface area contributed by atoms with Crippen molar-refractivity contribution in [3.8, 4) is 10.4 Å². The van der Waals surface area contributed by atoms with Crippen molar-refractivity contribution in [2.45, 2.75) is 51.1 Å². The highest BCUT2D eigenvalue weighted by Crippen LogP contribution is 2.44. The van der Waals surface area contributed by atoms with Gasteiger partial charge < -0.3 is 19.9 Å². The number of anilines is 2. The Balaban J connectivity index is 1.46. The van der Waals surface area contributed by atoms with Gasteiger partial charge in [-0.25, -0.2) is 13.6 Å². The lowest BCUT2D eigenvalue weighted by atomic mass is 9.94. The number of fused-ring (bicyclic) bond motifs is 2. The Morgan fingerprint density at radius 1 is 1.22 bits per heavy atom. The monoisotopic (exact) mass is 527 g/mol. The number of hydrogen-bond donors (Lipinski definition) is 1. The molecule has 7 nitrogen and oxygen atoms in total. The molecule has 3 aromatic rings. The summed E-state index contributed by atoms with van der Waals surface area (Å²) in [6, 6.07) is 7.55. The first kappa shape index (κ1) is 24.4. The van der Waals surface area contributed by atoms with Crippen molar-refractivity contribution in [1.82, 2.24) is 20.0 Å². The van der Waals surface area contributed by atoms with Gasteiger partial charge in [-0.05, 0) is 54.8 Å². The van der Waals surface area contributed by atoms with Gasteiger partial charge in [0.1, 0.15) is 0 Å². The van der Waals surface area contributed by atoms with Crippen LogP contribution in [0.5, 0.6) is 0 Å². The van der Waals surface area contributed by atoms with Crippen molar-refractivity contribution in [2.75, 3.05) is 38.3 Å². The Hall–Kier alpha value is -2.98. The van der Waals surface area contributed by atoms with E-state index in [0.29, 0.717) is 44.8 Å². The first-order valence-electron chi connectivity index (χ1n) is 13.0. The van der Waals surface area contributed by atoms with Crippen LogP contribution in [0, 0.1) is 0 Å². The Kier molecular flexibility index (Phi) is 6.62. The number of nitrogens with one attached hydrogen (secondary N) is 1. The van der Waals surface area contributed by atoms with Crippen molar-refractivity contribution in [3.05, 3.63) is 52.0 Å². The molecule has 1 N–H and O–H groups in total. The molecule has 0 unspecified atom stereocenters. The van der Waals surface area contributed by atoms with Crippen LogP contribution in [-0.2, 0) is 24.1 Å². The Labute approximate surface area is 219 Å². The molecule has 2 amide bonds. The van der Waals surface area contributed by atoms with Crippen molar-refractivity contribution in [1.29, 1.82) is 0 Å². The molecule has 196 valence electrons. The third kappa shape index (κ3) is 4.40. The Morgan fingerprint density at radius 3 is 2.78 bits per heavy atom. The van der Waals surface area contributed by atoms with E-state index in [0.717, 1.165) is 58.9 Å². The summed E-state index contributed by atoms with van der Waals surface area (Å²) >= 11 is 1.48. The van der Waals surface area contributed by atoms with Crippen LogP contribution in [0.25, 0.3) is 10.4 Å². The van der Waals surface area contributed by atoms with Gasteiger partial charge in [0.2, 0.25) is 0 Å². The first-order chi connectivity index (χ1) is 18.0. The van der Waals surface area contributed by atoms with Crippen LogP contribution in [-0.4, -0.2) is 54.1 Å². The number of hydrogen-bond acceptors (Lipinski definition) is 5. The van der Waals surface area contributed by atoms with E-state index in [4.69, 9.17) is 9.84 Å². The molecule has 1 aromatic carbocycles. The minimum Gasteiger partial charge on any atom is -0.381 e. The number of urea groups is 1. The Bertz CT molecular complexity index is 1290. The molecule has 1 saturated heterocycles. The second-order valence-corrected chi connectivity index (χ2v) is 10.8. The number of aromatic nitrogens is 2. The molecule has 0 aliphatic carbocycles. The highest BCUT2D eigenvalue weighted by Gasteiger charge is 2.34. The summed E-state index contributed by atoms with van der Waals surface area (Å²) in [5.74, 6) is 0.792. The molecule has 5 heterocycles. The minimum absolute atomic E-state index is 0.0535. The number of rotatable bonds is 4. The highest BCUT2D eigenvalue weighted by atomic mass is 32.1. The van der Waals surface area contributed by atoms with Gasteiger partial charge in [0.25, 0.3) is 6.43 Å². The fourth-order valence-electron chi connectivity index (χ4n) is 5.90. The number of benzene rings is 1. The molecule has 0 saturated carbocycles. The molecule has 1 fully saturated rings. The van der Waals surface area contributed by atoms with E-state index in [-0.39, 0.29) is 17.6 Å². The quantitative estimate of drug-likeness (QED) is 0.474. The minimum atomic E-state index is -2.58. The SMILES string of the molecule is CNC(=O)N1CCc2c(c(N3CCCc4cc(-c5cccs5)c(C(F)F)cc43)nn2C2CCOCC2)C1. The summed E-state index contributed by atoms with van der Waals surface area (Å²) in [5.41, 5.74) is 4.71. The summed E-state index contributed by atoms with van der Waals surface area (Å²) in [5, 5.41) is 9.81. The van der Waals surface area contributed by atoms with Gasteiger partial charge in [0, 0.05) is 72.7 Å². The van der Waals surface area contributed by atoms with Crippen LogP contribution < -0.4 is 10.2 Å². The number of halogens is 2. The normalized spacial score (nSPS) is 18.2. The zero-order chi connectivity index (χ0) is 25.5. The molecule has 6 rings (SSSR count). The first-order valence-corrected chi connectivity index (χ1v) is 13.8. The van der Waals surface area contributed by atoms with Crippen molar-refractivity contribution in [2.24, 2.45) is 0 Å². The number of carbonyl (C=O) groups excluding carboxylic acids is 1. The summed E-state index contributed by atoms with van der Waals surface area (Å²) in [6.07, 6.45) is 1.66. The second kappa shape index (κ2) is 10.1. The second-order valence-electron chi connectivity index (χ2n) is 9.87. The van der Waals surface area contributed by atoms with Crippen LogP contribution >= 0.6 is 11.3 Å². The van der Waals surface area contributed by atoms with Crippen LogP contribution in [0.2, 0.25) is 0 Å². The third-order valence-electron chi connectivity index (χ3n) is 7.75. The molecule has 0 bridgehead atoms. The van der Waals surface area contributed by atoms with Gasteiger partial charge in [-0.1, -0.05) is 6.07 Å². The van der Waals surface area contributed by atoms with Gasteiger partial charge in [-0.2, -0.15) is 5.10 Å². The summed E-state index contributed by atoms with van der Waals surface area (Å²) in [7, 11) is 1.64. The molecule has 10 heteroatoms. The number of ether oxygens (including phenoxy) is 1. The molecule has 0 spiro atoms. The number of nitrogens with zero attached hydrogens (tertiary/aromatic N) is 4. The third-order valence-corrected chi connectivity index (χ3v) is 8.65. The highest BCUT2D eigenvalue weighted by molar-refractivity contribution is 7.13. The number of amides is 2. The zero-order valence-corrected chi connectivity index (χ0v) is 21.7. The maximum atomic E-state index is 14.3. The lowest BCUT2D eigenvalue weighted by molar-refractivity contribution is 0.0651. The van der Waals surface area contributed by atoms with Crippen LogP contribution in [0.4, 0.5) is 25.1 Å². The molecular weight excluding hydrogens is 496 g/mol. The number of thiophene rings is 1. The topological polar surface area (TPSA) is 62.6 Å². The molecule has 3 aliphatic rings. The van der Waals surface area contributed by atoms with E-state index in [1.165, 1.54) is 11.3 Å². The lowest BCUT2D eigenvalue weighted by Crippen LogP contribution is -2.42. The predicted octanol–water partition coefficient (Wildman–Crippen LogP) is 5.68. The number of carbonyl (C=O) groups is 1. The van der Waals surface area contributed by atoms with Crippen LogP contribution in [0.3, 0.4) is 0 Å². The lowest BCUT2D eigenvalue weighted by Gasteiger charge is -2.33. The number of alkyl halides is 2. The fraction of sp³-hybridized carbons (Fsp3) is 0.481. The Morgan fingerprint density at radius 2 is 2.05 bits per heavy atom. The predicted molar refractivity (Wildman–Crippen MR) is 140 cm³/mol. The molecule has 0 radical (unpaired) electrons. The fourth-order valence-corrected chi connectivity index (χ4v) is 6.67. The van der Waals surface area contributed by atoms with Gasteiger partial charge in [-0.3, -0.25) is 4.68 Å². The van der Waals surface area contributed by atoms with E-state index in [1.54, 1.807) is 18.0 Å². The van der Waals surface area contributed by atoms with Crippen molar-refractivity contribution >= 4 is 28.9 Å². The van der Waals surface area contributed by atoms with Gasteiger partial charge in [0.15, 0.2) is 5.82 Å². The zero-order valence-electron chi connectivity index (χ0n) is 20.9. The van der Waals surface area contributed by atoms with E-state index in [2.05, 4.69) is 14.9 Å². The maximum Gasteiger partial charge on any atom is 0.317 e. The van der Waals surface area contributed by atoms with E-state index >= 15 is 0 Å². The maximum absolute atomic E-state index is 14.3. The molecular formula is C27H31F2N5O2S. The molecule has 2 aromatic heterocycles. The van der Waals surface area contributed by atoms with Crippen LogP contribution in [0.15, 0.2) is 29.6 Å². The molecule has 3 aliphatic heterocycles. The molecule has 37 heavy (non-hydrogen) atoms. The number of aryl methyl sites for hydroxylation is 1. The smallest absolute Gasteiger partial charge is 0.317 e. The van der Waals surface area contributed by atoms with Crippen molar-refractivity contribution < 1.29 is 18.3 Å². The standard InChI is InChI=1S/C27H31F2N5O2S/c1-30-27(35)32-10-6-22-21(16-32)26(31-34(22)18-7-11-36-12-8-18)33-9-2-4-17-14-19(24-5-3-13-37-24)20(25(28)29)15-23(17)33/h3,5,13-15,18,25H,2,4,6-12,16H2,1H3,(H,30,35). The van der Waals surface area contributed by atoms with Gasteiger partial charge in [0.05, 0.1) is 12.6 Å². The average Bonchev–Trinajstić information content (AvgIpc) is 3.60. The van der Waals surface area contributed by atoms with Gasteiger partial charge in [-0.15, -0.1) is 11.3 Å².